The Hall–Kier alpha value is -1.66. The zero-order chi connectivity index (χ0) is 11.8. The minimum atomic E-state index is 0.447. The van der Waals surface area contributed by atoms with Crippen LogP contribution in [0.15, 0.2) is 29.3 Å². The minimum Gasteiger partial charge on any atom is -0.352 e. The van der Waals surface area contributed by atoms with Gasteiger partial charge in [-0.2, -0.15) is 0 Å². The van der Waals surface area contributed by atoms with E-state index < -0.39 is 0 Å². The molecule has 0 spiro atoms. The van der Waals surface area contributed by atoms with Crippen LogP contribution < -0.4 is 10.6 Å². The Bertz CT molecular complexity index is 407. The molecule has 0 fully saturated rings. The summed E-state index contributed by atoms with van der Waals surface area (Å²) in [5, 5.41) is 6.83. The van der Waals surface area contributed by atoms with Crippen molar-refractivity contribution in [1.29, 1.82) is 0 Å². The van der Waals surface area contributed by atoms with Crippen LogP contribution in [-0.4, -0.2) is 19.6 Å². The van der Waals surface area contributed by atoms with Crippen LogP contribution in [-0.2, 0) is 6.54 Å². The fourth-order valence-electron chi connectivity index (χ4n) is 1.18. The van der Waals surface area contributed by atoms with Crippen LogP contribution in [0.2, 0.25) is 5.02 Å². The smallest absolute Gasteiger partial charge is 0.192 e. The second-order valence-electron chi connectivity index (χ2n) is 3.07. The molecule has 0 aliphatic heterocycles. The van der Waals surface area contributed by atoms with Crippen LogP contribution in [0.5, 0.6) is 0 Å². The van der Waals surface area contributed by atoms with E-state index in [9.17, 15) is 0 Å². The SMILES string of the molecule is C#CCNC(=NC)NCc1ccccc1Cl. The van der Waals surface area contributed by atoms with Gasteiger partial charge in [0.2, 0.25) is 0 Å². The second kappa shape index (κ2) is 6.76. The topological polar surface area (TPSA) is 36.4 Å². The number of halogens is 1. The molecule has 0 saturated heterocycles. The summed E-state index contributed by atoms with van der Waals surface area (Å²) < 4.78 is 0. The minimum absolute atomic E-state index is 0.447. The van der Waals surface area contributed by atoms with Gasteiger partial charge in [-0.3, -0.25) is 4.99 Å². The van der Waals surface area contributed by atoms with Crippen LogP contribution >= 0.6 is 11.6 Å². The number of terminal acetylenes is 1. The molecule has 0 amide bonds. The third-order valence-electron chi connectivity index (χ3n) is 1.99. The molecule has 0 aliphatic carbocycles. The summed E-state index contributed by atoms with van der Waals surface area (Å²) in [6.07, 6.45) is 5.15. The van der Waals surface area contributed by atoms with Crippen LogP contribution in [0.4, 0.5) is 0 Å². The molecular formula is C12H14ClN3. The second-order valence-corrected chi connectivity index (χ2v) is 3.48. The third kappa shape index (κ3) is 3.84. The van der Waals surface area contributed by atoms with Gasteiger partial charge in [0, 0.05) is 18.6 Å². The first-order chi connectivity index (χ1) is 7.77. The highest BCUT2D eigenvalue weighted by Crippen LogP contribution is 2.13. The number of aliphatic imine (C=N–C) groups is 1. The summed E-state index contributed by atoms with van der Waals surface area (Å²) in [6.45, 7) is 1.06. The number of guanidine groups is 1. The molecule has 1 aromatic rings. The van der Waals surface area contributed by atoms with Crippen molar-refractivity contribution in [2.24, 2.45) is 4.99 Å². The molecule has 0 aromatic heterocycles. The average Bonchev–Trinajstić information content (AvgIpc) is 2.31. The van der Waals surface area contributed by atoms with Crippen LogP contribution in [0.25, 0.3) is 0 Å². The van der Waals surface area contributed by atoms with Gasteiger partial charge in [-0.1, -0.05) is 35.7 Å². The predicted molar refractivity (Wildman–Crippen MR) is 68.5 cm³/mol. The fourth-order valence-corrected chi connectivity index (χ4v) is 1.38. The van der Waals surface area contributed by atoms with Crippen molar-refractivity contribution < 1.29 is 0 Å². The number of hydrogen-bond acceptors (Lipinski definition) is 1. The Morgan fingerprint density at radius 3 is 2.81 bits per heavy atom. The van der Waals surface area contributed by atoms with Gasteiger partial charge in [0.25, 0.3) is 0 Å². The molecule has 2 N–H and O–H groups in total. The maximum absolute atomic E-state index is 6.02. The summed E-state index contributed by atoms with van der Waals surface area (Å²) in [5.74, 6) is 3.15. The van der Waals surface area contributed by atoms with E-state index in [1.165, 1.54) is 0 Å². The first kappa shape index (κ1) is 12.4. The zero-order valence-electron chi connectivity index (χ0n) is 9.13. The van der Waals surface area contributed by atoms with E-state index in [0.717, 1.165) is 10.6 Å². The first-order valence-electron chi connectivity index (χ1n) is 4.89. The molecule has 1 rings (SSSR count). The van der Waals surface area contributed by atoms with Crippen LogP contribution in [0.3, 0.4) is 0 Å². The summed E-state index contributed by atoms with van der Waals surface area (Å²) in [6, 6.07) is 7.66. The Kier molecular flexibility index (Phi) is 5.24. The van der Waals surface area contributed by atoms with Gasteiger partial charge < -0.3 is 10.6 Å². The maximum atomic E-state index is 6.02. The van der Waals surface area contributed by atoms with Crippen molar-refractivity contribution in [3.05, 3.63) is 34.9 Å². The zero-order valence-corrected chi connectivity index (χ0v) is 9.88. The Morgan fingerprint density at radius 2 is 2.19 bits per heavy atom. The molecule has 0 bridgehead atoms. The van der Waals surface area contributed by atoms with Crippen LogP contribution in [0.1, 0.15) is 5.56 Å². The summed E-state index contributed by atoms with van der Waals surface area (Å²) >= 11 is 6.02. The highest BCUT2D eigenvalue weighted by atomic mass is 35.5. The molecule has 4 heteroatoms. The molecule has 3 nitrogen and oxygen atoms in total. The average molecular weight is 236 g/mol. The monoisotopic (exact) mass is 235 g/mol. The Labute approximate surface area is 101 Å². The highest BCUT2D eigenvalue weighted by Gasteiger charge is 2.00. The van der Waals surface area contributed by atoms with E-state index in [0.29, 0.717) is 19.0 Å². The van der Waals surface area contributed by atoms with Gasteiger partial charge >= 0.3 is 0 Å². The van der Waals surface area contributed by atoms with E-state index in [4.69, 9.17) is 18.0 Å². The highest BCUT2D eigenvalue weighted by molar-refractivity contribution is 6.31. The summed E-state index contributed by atoms with van der Waals surface area (Å²) in [5.41, 5.74) is 1.02. The molecule has 1 aromatic carbocycles. The molecular weight excluding hydrogens is 222 g/mol. The van der Waals surface area contributed by atoms with Crippen molar-refractivity contribution in [2.45, 2.75) is 6.54 Å². The standard InChI is InChI=1S/C12H14ClN3/c1-3-8-15-12(14-2)16-9-10-6-4-5-7-11(10)13/h1,4-7H,8-9H2,2H3,(H2,14,15,16). The molecule has 0 radical (unpaired) electrons. The summed E-state index contributed by atoms with van der Waals surface area (Å²) in [7, 11) is 1.69. The maximum Gasteiger partial charge on any atom is 0.192 e. The molecule has 16 heavy (non-hydrogen) atoms. The molecule has 84 valence electrons. The quantitative estimate of drug-likeness (QED) is 0.475. The van der Waals surface area contributed by atoms with Gasteiger partial charge in [0.15, 0.2) is 5.96 Å². The first-order valence-corrected chi connectivity index (χ1v) is 5.27. The number of hydrogen-bond donors (Lipinski definition) is 2. The van der Waals surface area contributed by atoms with Gasteiger partial charge in [-0.25, -0.2) is 0 Å². The van der Waals surface area contributed by atoms with Gasteiger partial charge in [-0.15, -0.1) is 6.42 Å². The number of nitrogens with one attached hydrogen (secondary N) is 2. The third-order valence-corrected chi connectivity index (χ3v) is 2.35. The van der Waals surface area contributed by atoms with E-state index in [-0.39, 0.29) is 0 Å². The Balaban J connectivity index is 2.51. The van der Waals surface area contributed by atoms with Crippen LogP contribution in [0, 0.1) is 12.3 Å². The number of rotatable bonds is 3. The summed E-state index contributed by atoms with van der Waals surface area (Å²) in [4.78, 5) is 4.03. The normalized spacial score (nSPS) is 10.7. The molecule has 0 heterocycles. The van der Waals surface area contributed by atoms with Crippen molar-refractivity contribution in [3.8, 4) is 12.3 Å². The van der Waals surface area contributed by atoms with Crippen molar-refractivity contribution in [1.82, 2.24) is 10.6 Å². The lowest BCUT2D eigenvalue weighted by atomic mass is 10.2. The van der Waals surface area contributed by atoms with E-state index in [1.807, 2.05) is 24.3 Å². The molecule has 0 atom stereocenters. The predicted octanol–water partition coefficient (Wildman–Crippen LogP) is 1.64. The van der Waals surface area contributed by atoms with Gasteiger partial charge in [-0.05, 0) is 11.6 Å². The Morgan fingerprint density at radius 1 is 1.44 bits per heavy atom. The largest absolute Gasteiger partial charge is 0.352 e. The lowest BCUT2D eigenvalue weighted by Gasteiger charge is -2.10. The molecule has 0 unspecified atom stereocenters. The number of benzene rings is 1. The lowest BCUT2D eigenvalue weighted by molar-refractivity contribution is 0.851. The van der Waals surface area contributed by atoms with Crippen molar-refractivity contribution in [2.75, 3.05) is 13.6 Å². The number of nitrogens with zero attached hydrogens (tertiary/aromatic N) is 1. The fraction of sp³-hybridized carbons (Fsp3) is 0.250. The lowest BCUT2D eigenvalue weighted by Crippen LogP contribution is -2.36. The van der Waals surface area contributed by atoms with Gasteiger partial charge in [0.1, 0.15) is 0 Å². The van der Waals surface area contributed by atoms with Crippen molar-refractivity contribution in [3.63, 3.8) is 0 Å². The molecule has 0 aliphatic rings. The van der Waals surface area contributed by atoms with E-state index >= 15 is 0 Å². The molecule has 0 saturated carbocycles. The van der Waals surface area contributed by atoms with Crippen molar-refractivity contribution >= 4 is 17.6 Å². The van der Waals surface area contributed by atoms with E-state index in [2.05, 4.69) is 21.5 Å². The van der Waals surface area contributed by atoms with E-state index in [1.54, 1.807) is 7.05 Å². The van der Waals surface area contributed by atoms with Gasteiger partial charge in [0.05, 0.1) is 6.54 Å².